The van der Waals surface area contributed by atoms with Crippen LogP contribution in [0.15, 0.2) is 51.0 Å². The Morgan fingerprint density at radius 3 is 2.61 bits per heavy atom. The number of carbonyl (C=O) groups is 1. The summed E-state index contributed by atoms with van der Waals surface area (Å²) in [7, 11) is 0. The monoisotopic (exact) mass is 382 g/mol. The van der Waals surface area contributed by atoms with E-state index in [1.54, 1.807) is 36.4 Å². The molecule has 2 heterocycles. The van der Waals surface area contributed by atoms with E-state index in [9.17, 15) is 4.79 Å². The third-order valence-corrected chi connectivity index (χ3v) is 4.83. The first kappa shape index (κ1) is 16.3. The molecule has 1 fully saturated rings. The van der Waals surface area contributed by atoms with Gasteiger partial charge >= 0.3 is 0 Å². The van der Waals surface area contributed by atoms with Crippen molar-refractivity contribution in [2.45, 2.75) is 0 Å². The predicted molar refractivity (Wildman–Crippen MR) is 97.8 cm³/mol. The smallest absolute Gasteiger partial charge is 0.286 e. The summed E-state index contributed by atoms with van der Waals surface area (Å²) < 4.78 is 5.46. The minimum atomic E-state index is -0.334. The summed E-state index contributed by atoms with van der Waals surface area (Å²) in [6.07, 6.45) is 4.56. The van der Waals surface area contributed by atoms with Crippen LogP contribution < -0.4 is 0 Å². The largest absolute Gasteiger partial charge is 0.463 e. The molecule has 0 bridgehead atoms. The Balaban J connectivity index is 1.88. The van der Waals surface area contributed by atoms with Gasteiger partial charge in [0.1, 0.15) is 5.76 Å². The average Bonchev–Trinajstić information content (AvgIpc) is 3.11. The minimum Gasteiger partial charge on any atom is -0.463 e. The SMILES string of the molecule is O=C1/C(=C\c2c(Cl)cccc2Cl)SC(=S)N1/N=C/c1ccco1. The zero-order valence-electron chi connectivity index (χ0n) is 11.4. The van der Waals surface area contributed by atoms with Crippen LogP contribution in [0.3, 0.4) is 0 Å². The van der Waals surface area contributed by atoms with Crippen LogP contribution in [0.4, 0.5) is 0 Å². The first-order chi connectivity index (χ1) is 11.1. The number of hydrazone groups is 1. The molecule has 1 saturated heterocycles. The fraction of sp³-hybridized carbons (Fsp3) is 0. The summed E-state index contributed by atoms with van der Waals surface area (Å²) in [5, 5.41) is 6.12. The van der Waals surface area contributed by atoms with Gasteiger partial charge in [-0.1, -0.05) is 41.0 Å². The molecule has 0 N–H and O–H groups in total. The Morgan fingerprint density at radius 1 is 1.22 bits per heavy atom. The Bertz CT molecular complexity index is 812. The topological polar surface area (TPSA) is 45.8 Å². The van der Waals surface area contributed by atoms with Gasteiger partial charge in [-0.05, 0) is 42.6 Å². The van der Waals surface area contributed by atoms with Gasteiger partial charge in [0.15, 0.2) is 4.32 Å². The number of halogens is 2. The van der Waals surface area contributed by atoms with Crippen LogP contribution >= 0.6 is 47.2 Å². The van der Waals surface area contributed by atoms with Gasteiger partial charge in [0.2, 0.25) is 0 Å². The highest BCUT2D eigenvalue weighted by Gasteiger charge is 2.32. The van der Waals surface area contributed by atoms with Crippen LogP contribution in [-0.2, 0) is 4.79 Å². The lowest BCUT2D eigenvalue weighted by Gasteiger charge is -2.05. The van der Waals surface area contributed by atoms with Crippen LogP contribution in [0.5, 0.6) is 0 Å². The van der Waals surface area contributed by atoms with Crippen LogP contribution in [0, 0.1) is 0 Å². The van der Waals surface area contributed by atoms with E-state index in [2.05, 4.69) is 5.10 Å². The van der Waals surface area contributed by atoms with Gasteiger partial charge < -0.3 is 4.42 Å². The van der Waals surface area contributed by atoms with E-state index in [-0.39, 0.29) is 5.91 Å². The second-order valence-electron chi connectivity index (χ2n) is 4.39. The lowest BCUT2D eigenvalue weighted by atomic mass is 10.2. The number of rotatable bonds is 3. The van der Waals surface area contributed by atoms with E-state index in [1.165, 1.54) is 12.5 Å². The third-order valence-electron chi connectivity index (χ3n) is 2.89. The number of thioether (sulfide) groups is 1. The maximum absolute atomic E-state index is 12.4. The number of furan rings is 1. The molecule has 0 spiro atoms. The normalized spacial score (nSPS) is 17.0. The van der Waals surface area contributed by atoms with Crippen molar-refractivity contribution >= 4 is 69.7 Å². The van der Waals surface area contributed by atoms with Crippen molar-refractivity contribution in [3.8, 4) is 0 Å². The molecule has 1 aromatic carbocycles. The third kappa shape index (κ3) is 3.50. The minimum absolute atomic E-state index is 0.326. The van der Waals surface area contributed by atoms with Gasteiger partial charge in [-0.15, -0.1) is 0 Å². The number of hydrogen-bond acceptors (Lipinski definition) is 5. The maximum Gasteiger partial charge on any atom is 0.286 e. The highest BCUT2D eigenvalue weighted by molar-refractivity contribution is 8.26. The molecule has 0 unspecified atom stereocenters. The molecule has 0 saturated carbocycles. The van der Waals surface area contributed by atoms with Crippen LogP contribution in [0.25, 0.3) is 6.08 Å². The highest BCUT2D eigenvalue weighted by Crippen LogP contribution is 2.35. The predicted octanol–water partition coefficient (Wildman–Crippen LogP) is 4.82. The summed E-state index contributed by atoms with van der Waals surface area (Å²) in [5.74, 6) is 0.191. The van der Waals surface area contributed by atoms with Gasteiger partial charge in [-0.2, -0.15) is 10.1 Å². The summed E-state index contributed by atoms with van der Waals surface area (Å²) in [6, 6.07) is 8.59. The molecule has 0 aliphatic carbocycles. The molecular weight excluding hydrogens is 375 g/mol. The molecule has 0 radical (unpaired) electrons. The standard InChI is InChI=1S/C15H8Cl2N2O2S2/c16-11-4-1-5-12(17)10(11)7-13-14(20)19(15(22)23-13)18-8-9-3-2-6-21-9/h1-8H/b13-7+,18-8+. The number of nitrogens with zero attached hydrogens (tertiary/aromatic N) is 2. The van der Waals surface area contributed by atoms with Crippen LogP contribution in [-0.4, -0.2) is 21.5 Å². The molecule has 3 rings (SSSR count). The molecule has 1 amide bonds. The van der Waals surface area contributed by atoms with Crippen molar-refractivity contribution in [3.63, 3.8) is 0 Å². The number of thiocarbonyl (C=S) groups is 1. The van der Waals surface area contributed by atoms with E-state index in [1.807, 2.05) is 0 Å². The van der Waals surface area contributed by atoms with Crippen molar-refractivity contribution in [1.82, 2.24) is 5.01 Å². The molecule has 2 aromatic rings. The summed E-state index contributed by atoms with van der Waals surface area (Å²) in [5.41, 5.74) is 0.575. The van der Waals surface area contributed by atoms with Gasteiger partial charge in [0.25, 0.3) is 5.91 Å². The Morgan fingerprint density at radius 2 is 1.96 bits per heavy atom. The van der Waals surface area contributed by atoms with E-state index in [4.69, 9.17) is 39.8 Å². The Hall–Kier alpha value is -1.60. The van der Waals surface area contributed by atoms with E-state index >= 15 is 0 Å². The molecule has 23 heavy (non-hydrogen) atoms. The molecule has 116 valence electrons. The second kappa shape index (κ2) is 6.88. The second-order valence-corrected chi connectivity index (χ2v) is 6.88. The number of amides is 1. The maximum atomic E-state index is 12.4. The lowest BCUT2D eigenvalue weighted by Crippen LogP contribution is -2.22. The van der Waals surface area contributed by atoms with Crippen LogP contribution in [0.2, 0.25) is 10.0 Å². The molecular formula is C15H8Cl2N2O2S2. The Labute approximate surface area is 151 Å². The van der Waals surface area contributed by atoms with E-state index in [0.717, 1.165) is 16.8 Å². The van der Waals surface area contributed by atoms with E-state index in [0.29, 0.717) is 30.6 Å². The molecule has 8 heteroatoms. The Kier molecular flexibility index (Phi) is 4.87. The fourth-order valence-corrected chi connectivity index (χ4v) is 3.48. The van der Waals surface area contributed by atoms with E-state index < -0.39 is 0 Å². The zero-order valence-corrected chi connectivity index (χ0v) is 14.5. The van der Waals surface area contributed by atoms with Gasteiger partial charge in [0, 0.05) is 15.6 Å². The van der Waals surface area contributed by atoms with Gasteiger partial charge in [-0.3, -0.25) is 4.79 Å². The van der Waals surface area contributed by atoms with Crippen LogP contribution in [0.1, 0.15) is 11.3 Å². The molecule has 1 aliphatic rings. The fourth-order valence-electron chi connectivity index (χ4n) is 1.82. The number of benzene rings is 1. The quantitative estimate of drug-likeness (QED) is 0.433. The molecule has 1 aromatic heterocycles. The molecule has 1 aliphatic heterocycles. The number of carbonyl (C=O) groups excluding carboxylic acids is 1. The van der Waals surface area contributed by atoms with Gasteiger partial charge in [-0.25, -0.2) is 0 Å². The zero-order chi connectivity index (χ0) is 16.4. The van der Waals surface area contributed by atoms with Crippen molar-refractivity contribution < 1.29 is 9.21 Å². The number of hydrogen-bond donors (Lipinski definition) is 0. The van der Waals surface area contributed by atoms with Gasteiger partial charge in [0.05, 0.1) is 17.4 Å². The first-order valence-electron chi connectivity index (χ1n) is 6.36. The summed E-state index contributed by atoms with van der Waals surface area (Å²) in [4.78, 5) is 12.8. The highest BCUT2D eigenvalue weighted by atomic mass is 35.5. The average molecular weight is 383 g/mol. The molecule has 0 atom stereocenters. The first-order valence-corrected chi connectivity index (χ1v) is 8.34. The van der Waals surface area contributed by atoms with Crippen molar-refractivity contribution in [3.05, 3.63) is 62.9 Å². The van der Waals surface area contributed by atoms with Crippen molar-refractivity contribution in [1.29, 1.82) is 0 Å². The van der Waals surface area contributed by atoms with Crippen molar-refractivity contribution in [2.75, 3.05) is 0 Å². The summed E-state index contributed by atoms with van der Waals surface area (Å²) >= 11 is 18.6. The van der Waals surface area contributed by atoms with Crippen molar-refractivity contribution in [2.24, 2.45) is 5.10 Å². The summed E-state index contributed by atoms with van der Waals surface area (Å²) in [6.45, 7) is 0. The lowest BCUT2D eigenvalue weighted by molar-refractivity contribution is -0.122. The molecule has 4 nitrogen and oxygen atoms in total.